The first-order chi connectivity index (χ1) is 11.6. The molecular weight excluding hydrogens is 300 g/mol. The van der Waals surface area contributed by atoms with E-state index in [4.69, 9.17) is 4.74 Å². The monoisotopic (exact) mass is 332 g/mol. The summed E-state index contributed by atoms with van der Waals surface area (Å²) in [5.74, 6) is 0.785. The molecule has 1 aromatic rings. The van der Waals surface area contributed by atoms with E-state index in [1.807, 2.05) is 30.3 Å². The zero-order valence-corrected chi connectivity index (χ0v) is 15.1. The van der Waals surface area contributed by atoms with Crippen molar-refractivity contribution in [2.24, 2.45) is 5.92 Å². The highest BCUT2D eigenvalue weighted by Crippen LogP contribution is 2.23. The summed E-state index contributed by atoms with van der Waals surface area (Å²) in [6.45, 7) is 10.6. The zero-order chi connectivity index (χ0) is 16.9. The van der Waals surface area contributed by atoms with Gasteiger partial charge in [0.1, 0.15) is 0 Å². The Morgan fingerprint density at radius 1 is 1.04 bits per heavy atom. The summed E-state index contributed by atoms with van der Waals surface area (Å²) in [5.41, 5.74) is 1.02. The van der Waals surface area contributed by atoms with Crippen molar-refractivity contribution in [3.05, 3.63) is 35.9 Å². The third-order valence-electron chi connectivity index (χ3n) is 5.33. The topological polar surface area (TPSA) is 35.9 Å². The van der Waals surface area contributed by atoms with Crippen molar-refractivity contribution in [2.45, 2.75) is 45.0 Å². The number of likely N-dealkylation sites (tertiary alicyclic amines) is 1. The van der Waals surface area contributed by atoms with Crippen molar-refractivity contribution in [2.75, 3.05) is 39.3 Å². The molecule has 2 fully saturated rings. The molecule has 0 aliphatic carbocycles. The van der Waals surface area contributed by atoms with Crippen LogP contribution in [-0.4, -0.2) is 66.4 Å². The summed E-state index contributed by atoms with van der Waals surface area (Å²) in [6.07, 6.45) is 2.82. The van der Waals surface area contributed by atoms with E-state index in [1.54, 1.807) is 0 Å². The number of piperidine rings is 1. The highest BCUT2D eigenvalue weighted by Gasteiger charge is 2.27. The number of ether oxygens (including phenoxy) is 1. The van der Waals surface area contributed by atoms with E-state index in [2.05, 4.69) is 23.6 Å². The van der Waals surface area contributed by atoms with Crippen LogP contribution in [-0.2, 0) is 4.74 Å². The highest BCUT2D eigenvalue weighted by molar-refractivity contribution is 5.17. The van der Waals surface area contributed by atoms with Gasteiger partial charge in [0.05, 0.1) is 18.3 Å². The number of nitrogens with zero attached hydrogens (tertiary/aromatic N) is 2. The molecule has 1 N–H and O–H groups in total. The Morgan fingerprint density at radius 2 is 1.67 bits per heavy atom. The van der Waals surface area contributed by atoms with Crippen LogP contribution in [0.4, 0.5) is 0 Å². The van der Waals surface area contributed by atoms with Crippen LogP contribution < -0.4 is 0 Å². The Hall–Kier alpha value is -0.940. The van der Waals surface area contributed by atoms with Gasteiger partial charge in [-0.05, 0) is 51.3 Å². The minimum atomic E-state index is -0.372. The molecule has 24 heavy (non-hydrogen) atoms. The summed E-state index contributed by atoms with van der Waals surface area (Å²) in [5, 5.41) is 10.4. The van der Waals surface area contributed by atoms with Gasteiger partial charge in [0.25, 0.3) is 0 Å². The van der Waals surface area contributed by atoms with Crippen LogP contribution in [0.25, 0.3) is 0 Å². The van der Waals surface area contributed by atoms with Gasteiger partial charge in [-0.3, -0.25) is 4.90 Å². The van der Waals surface area contributed by atoms with Gasteiger partial charge in [0.15, 0.2) is 0 Å². The molecule has 1 aromatic carbocycles. The molecule has 0 saturated carbocycles. The van der Waals surface area contributed by atoms with Gasteiger partial charge in [-0.1, -0.05) is 30.3 Å². The van der Waals surface area contributed by atoms with Gasteiger partial charge in [0, 0.05) is 26.2 Å². The van der Waals surface area contributed by atoms with Gasteiger partial charge in [-0.25, -0.2) is 0 Å². The standard InChI is InChI=1S/C20H32N2O2/c1-16-12-22(13-17(2)24-16)14-18-8-10-21(11-9-18)15-20(23)19-6-4-3-5-7-19/h3-7,16-18,20,23H,8-15H2,1-2H3. The van der Waals surface area contributed by atoms with Crippen LogP contribution in [0.15, 0.2) is 30.3 Å². The summed E-state index contributed by atoms with van der Waals surface area (Å²) in [4.78, 5) is 5.00. The van der Waals surface area contributed by atoms with Crippen molar-refractivity contribution >= 4 is 0 Å². The van der Waals surface area contributed by atoms with Crippen molar-refractivity contribution in [3.8, 4) is 0 Å². The lowest BCUT2D eigenvalue weighted by atomic mass is 9.95. The SMILES string of the molecule is CC1CN(CC2CCN(CC(O)c3ccccc3)CC2)CC(C)O1. The van der Waals surface area contributed by atoms with E-state index >= 15 is 0 Å². The molecule has 3 unspecified atom stereocenters. The number of β-amino-alcohol motifs (C(OH)–C–C–N with tert-alkyl or cyclic N) is 1. The zero-order valence-electron chi connectivity index (χ0n) is 15.1. The predicted octanol–water partition coefficient (Wildman–Crippen LogP) is 2.54. The quantitative estimate of drug-likeness (QED) is 0.899. The van der Waals surface area contributed by atoms with E-state index in [0.717, 1.165) is 44.2 Å². The van der Waals surface area contributed by atoms with E-state index in [1.165, 1.54) is 19.4 Å². The molecule has 3 atom stereocenters. The predicted molar refractivity (Wildman–Crippen MR) is 97.0 cm³/mol. The molecule has 2 heterocycles. The fraction of sp³-hybridized carbons (Fsp3) is 0.700. The molecule has 2 aliphatic rings. The number of hydrogen-bond donors (Lipinski definition) is 1. The molecule has 4 heteroatoms. The van der Waals surface area contributed by atoms with Crippen LogP contribution in [0, 0.1) is 5.92 Å². The fourth-order valence-corrected chi connectivity index (χ4v) is 4.18. The Bertz CT molecular complexity index is 478. The lowest BCUT2D eigenvalue weighted by Gasteiger charge is -2.39. The van der Waals surface area contributed by atoms with E-state index in [0.29, 0.717) is 12.2 Å². The smallest absolute Gasteiger partial charge is 0.0916 e. The van der Waals surface area contributed by atoms with Gasteiger partial charge in [-0.2, -0.15) is 0 Å². The highest BCUT2D eigenvalue weighted by atomic mass is 16.5. The maximum absolute atomic E-state index is 10.4. The average molecular weight is 332 g/mol. The Kier molecular flexibility index (Phi) is 6.28. The number of morpholine rings is 1. The van der Waals surface area contributed by atoms with Gasteiger partial charge >= 0.3 is 0 Å². The Labute approximate surface area is 146 Å². The normalized spacial score (nSPS) is 28.8. The van der Waals surface area contributed by atoms with Crippen molar-refractivity contribution in [3.63, 3.8) is 0 Å². The third kappa shape index (κ3) is 5.03. The molecule has 2 aliphatic heterocycles. The largest absolute Gasteiger partial charge is 0.387 e. The first-order valence-corrected chi connectivity index (χ1v) is 9.43. The number of aliphatic hydroxyl groups is 1. The maximum Gasteiger partial charge on any atom is 0.0916 e. The van der Waals surface area contributed by atoms with Crippen LogP contribution in [0.1, 0.15) is 38.4 Å². The van der Waals surface area contributed by atoms with Crippen molar-refractivity contribution < 1.29 is 9.84 Å². The number of rotatable bonds is 5. The van der Waals surface area contributed by atoms with Gasteiger partial charge in [-0.15, -0.1) is 0 Å². The first-order valence-electron chi connectivity index (χ1n) is 9.43. The molecule has 2 saturated heterocycles. The van der Waals surface area contributed by atoms with Gasteiger partial charge < -0.3 is 14.7 Å². The summed E-state index contributed by atoms with van der Waals surface area (Å²) < 4.78 is 5.83. The van der Waals surface area contributed by atoms with Crippen LogP contribution >= 0.6 is 0 Å². The molecule has 3 rings (SSSR count). The Morgan fingerprint density at radius 3 is 2.29 bits per heavy atom. The minimum Gasteiger partial charge on any atom is -0.387 e. The molecule has 4 nitrogen and oxygen atoms in total. The second-order valence-corrected chi connectivity index (χ2v) is 7.65. The van der Waals surface area contributed by atoms with Crippen molar-refractivity contribution in [1.29, 1.82) is 0 Å². The van der Waals surface area contributed by atoms with Crippen LogP contribution in [0.2, 0.25) is 0 Å². The first kappa shape index (κ1) is 17.9. The molecule has 0 amide bonds. The minimum absolute atomic E-state index is 0.356. The number of aliphatic hydroxyl groups excluding tert-OH is 1. The molecule has 0 bridgehead atoms. The van der Waals surface area contributed by atoms with Crippen molar-refractivity contribution in [1.82, 2.24) is 9.80 Å². The van der Waals surface area contributed by atoms with E-state index in [-0.39, 0.29) is 6.10 Å². The number of benzene rings is 1. The van der Waals surface area contributed by atoms with E-state index < -0.39 is 0 Å². The second kappa shape index (κ2) is 8.43. The van der Waals surface area contributed by atoms with Crippen LogP contribution in [0.3, 0.4) is 0 Å². The summed E-state index contributed by atoms with van der Waals surface area (Å²) >= 11 is 0. The molecular formula is C20H32N2O2. The molecule has 0 radical (unpaired) electrons. The molecule has 0 spiro atoms. The lowest BCUT2D eigenvalue weighted by molar-refractivity contribution is -0.0734. The summed E-state index contributed by atoms with van der Waals surface area (Å²) in [7, 11) is 0. The molecule has 0 aromatic heterocycles. The third-order valence-corrected chi connectivity index (χ3v) is 5.33. The van der Waals surface area contributed by atoms with E-state index in [9.17, 15) is 5.11 Å². The average Bonchev–Trinajstić information content (AvgIpc) is 2.56. The fourth-order valence-electron chi connectivity index (χ4n) is 4.18. The van der Waals surface area contributed by atoms with Crippen LogP contribution in [0.5, 0.6) is 0 Å². The number of hydrogen-bond acceptors (Lipinski definition) is 4. The lowest BCUT2D eigenvalue weighted by Crippen LogP contribution is -2.48. The molecule has 134 valence electrons. The van der Waals surface area contributed by atoms with Gasteiger partial charge in [0.2, 0.25) is 0 Å². The second-order valence-electron chi connectivity index (χ2n) is 7.65. The Balaban J connectivity index is 1.41. The maximum atomic E-state index is 10.4. The summed E-state index contributed by atoms with van der Waals surface area (Å²) in [6, 6.07) is 10.0.